The fourth-order valence-electron chi connectivity index (χ4n) is 2.58. The van der Waals surface area contributed by atoms with Gasteiger partial charge < -0.3 is 5.11 Å². The molecule has 0 fully saturated rings. The summed E-state index contributed by atoms with van der Waals surface area (Å²) in [6, 6.07) is 4.78. The molecule has 2 heteroatoms. The highest BCUT2D eigenvalue weighted by molar-refractivity contribution is 5.27. The predicted octanol–water partition coefficient (Wildman–Crippen LogP) is 3.93. The molecule has 0 heterocycles. The van der Waals surface area contributed by atoms with E-state index in [1.807, 2.05) is 6.92 Å². The first-order valence-electron chi connectivity index (χ1n) is 6.76. The number of benzene rings is 1. The molecule has 0 aliphatic heterocycles. The molecule has 0 aromatic heterocycles. The maximum atomic E-state index is 13.2. The van der Waals surface area contributed by atoms with Crippen molar-refractivity contribution in [3.05, 3.63) is 46.8 Å². The van der Waals surface area contributed by atoms with Crippen LogP contribution in [0.1, 0.15) is 43.2 Å². The second-order valence-electron chi connectivity index (χ2n) is 5.24. The summed E-state index contributed by atoms with van der Waals surface area (Å²) in [7, 11) is 0. The normalized spacial score (nSPS) is 17.4. The maximum Gasteiger partial charge on any atom is 0.123 e. The average molecular weight is 248 g/mol. The number of halogens is 1. The first-order valence-corrected chi connectivity index (χ1v) is 6.76. The predicted molar refractivity (Wildman–Crippen MR) is 72.0 cm³/mol. The molecule has 0 radical (unpaired) electrons. The Morgan fingerprint density at radius 3 is 2.83 bits per heavy atom. The average Bonchev–Trinajstić information content (AvgIpc) is 2.35. The molecule has 0 amide bonds. The van der Waals surface area contributed by atoms with E-state index in [1.165, 1.54) is 30.5 Å². The lowest BCUT2D eigenvalue weighted by Gasteiger charge is -2.17. The molecule has 2 rings (SSSR count). The molecule has 98 valence electrons. The number of allylic oxidation sites excluding steroid dienone is 1. The topological polar surface area (TPSA) is 20.2 Å². The van der Waals surface area contributed by atoms with Gasteiger partial charge in [-0.3, -0.25) is 0 Å². The summed E-state index contributed by atoms with van der Waals surface area (Å²) in [4.78, 5) is 0. The molecule has 1 aliphatic rings. The molecule has 0 bridgehead atoms. The summed E-state index contributed by atoms with van der Waals surface area (Å²) in [5.74, 6) is -0.223. The third-order valence-electron chi connectivity index (χ3n) is 3.65. The van der Waals surface area contributed by atoms with Crippen LogP contribution in [0, 0.1) is 12.7 Å². The summed E-state index contributed by atoms with van der Waals surface area (Å²) < 4.78 is 13.2. The van der Waals surface area contributed by atoms with Crippen LogP contribution in [0.3, 0.4) is 0 Å². The van der Waals surface area contributed by atoms with E-state index in [2.05, 4.69) is 6.08 Å². The standard InChI is InChI=1S/C16H21FO/c1-12-7-8-15(17)10-14(12)11-16(18)9-13-5-3-2-4-6-13/h5,7-8,10,16,18H,2-4,6,9,11H2,1H3. The number of aliphatic hydroxyl groups is 1. The maximum absolute atomic E-state index is 13.2. The largest absolute Gasteiger partial charge is 0.392 e. The monoisotopic (exact) mass is 248 g/mol. The van der Waals surface area contributed by atoms with Crippen molar-refractivity contribution in [1.82, 2.24) is 0 Å². The van der Waals surface area contributed by atoms with Gasteiger partial charge in [-0.15, -0.1) is 0 Å². The van der Waals surface area contributed by atoms with Gasteiger partial charge in [0.1, 0.15) is 5.82 Å². The fourth-order valence-corrected chi connectivity index (χ4v) is 2.58. The Morgan fingerprint density at radius 1 is 1.28 bits per heavy atom. The lowest BCUT2D eigenvalue weighted by atomic mass is 9.92. The molecule has 0 saturated carbocycles. The smallest absolute Gasteiger partial charge is 0.123 e. The number of rotatable bonds is 4. The van der Waals surface area contributed by atoms with Gasteiger partial charge in [-0.2, -0.15) is 0 Å². The van der Waals surface area contributed by atoms with E-state index in [1.54, 1.807) is 6.07 Å². The Hall–Kier alpha value is -1.15. The molecule has 1 nitrogen and oxygen atoms in total. The van der Waals surface area contributed by atoms with Crippen LogP contribution in [0.4, 0.5) is 4.39 Å². The fraction of sp³-hybridized carbons (Fsp3) is 0.500. The first-order chi connectivity index (χ1) is 8.65. The third kappa shape index (κ3) is 3.67. The molecule has 18 heavy (non-hydrogen) atoms. The summed E-state index contributed by atoms with van der Waals surface area (Å²) in [6.45, 7) is 1.96. The van der Waals surface area contributed by atoms with Crippen molar-refractivity contribution in [2.24, 2.45) is 0 Å². The first kappa shape index (κ1) is 13.3. The molecule has 1 atom stereocenters. The number of aliphatic hydroxyl groups excluding tert-OH is 1. The molecule has 1 aromatic carbocycles. The van der Waals surface area contributed by atoms with Crippen LogP contribution < -0.4 is 0 Å². The summed E-state index contributed by atoms with van der Waals surface area (Å²) in [5, 5.41) is 10.1. The van der Waals surface area contributed by atoms with E-state index >= 15 is 0 Å². The quantitative estimate of drug-likeness (QED) is 0.800. The van der Waals surface area contributed by atoms with Crippen molar-refractivity contribution < 1.29 is 9.50 Å². The Balaban J connectivity index is 1.96. The Bertz CT molecular complexity index is 437. The van der Waals surface area contributed by atoms with E-state index in [0.717, 1.165) is 30.4 Å². The van der Waals surface area contributed by atoms with Gasteiger partial charge in [0.25, 0.3) is 0 Å². The van der Waals surface area contributed by atoms with Crippen molar-refractivity contribution in [1.29, 1.82) is 0 Å². The van der Waals surface area contributed by atoms with Crippen LogP contribution in [0.25, 0.3) is 0 Å². The van der Waals surface area contributed by atoms with Crippen molar-refractivity contribution in [2.45, 2.75) is 51.6 Å². The van der Waals surface area contributed by atoms with Crippen LogP contribution in [-0.4, -0.2) is 11.2 Å². The summed E-state index contributed by atoms with van der Waals surface area (Å²) >= 11 is 0. The van der Waals surface area contributed by atoms with Crippen LogP contribution in [-0.2, 0) is 6.42 Å². The second-order valence-corrected chi connectivity index (χ2v) is 5.24. The van der Waals surface area contributed by atoms with Crippen LogP contribution in [0.15, 0.2) is 29.8 Å². The van der Waals surface area contributed by atoms with Crippen molar-refractivity contribution in [3.63, 3.8) is 0 Å². The summed E-state index contributed by atoms with van der Waals surface area (Å²) in [5.41, 5.74) is 3.33. The molecule has 1 aliphatic carbocycles. The zero-order chi connectivity index (χ0) is 13.0. The van der Waals surface area contributed by atoms with Crippen LogP contribution in [0.2, 0.25) is 0 Å². The Morgan fingerprint density at radius 2 is 2.11 bits per heavy atom. The minimum Gasteiger partial charge on any atom is -0.392 e. The lowest BCUT2D eigenvalue weighted by molar-refractivity contribution is 0.173. The van der Waals surface area contributed by atoms with Gasteiger partial charge in [-0.05, 0) is 68.7 Å². The third-order valence-corrected chi connectivity index (χ3v) is 3.65. The molecule has 0 saturated heterocycles. The second kappa shape index (κ2) is 6.14. The van der Waals surface area contributed by atoms with Gasteiger partial charge in [0, 0.05) is 0 Å². The van der Waals surface area contributed by atoms with E-state index in [-0.39, 0.29) is 5.82 Å². The summed E-state index contributed by atoms with van der Waals surface area (Å²) in [6.07, 6.45) is 7.89. The van der Waals surface area contributed by atoms with E-state index in [0.29, 0.717) is 6.42 Å². The van der Waals surface area contributed by atoms with Gasteiger partial charge in [0.2, 0.25) is 0 Å². The van der Waals surface area contributed by atoms with E-state index in [4.69, 9.17) is 0 Å². The van der Waals surface area contributed by atoms with Gasteiger partial charge >= 0.3 is 0 Å². The number of aryl methyl sites for hydroxylation is 1. The molecule has 1 unspecified atom stereocenters. The molecule has 1 N–H and O–H groups in total. The number of hydrogen-bond donors (Lipinski definition) is 1. The van der Waals surface area contributed by atoms with Crippen molar-refractivity contribution >= 4 is 0 Å². The lowest BCUT2D eigenvalue weighted by Crippen LogP contribution is -2.13. The molecular weight excluding hydrogens is 227 g/mol. The zero-order valence-corrected chi connectivity index (χ0v) is 11.0. The highest BCUT2D eigenvalue weighted by atomic mass is 19.1. The number of hydrogen-bond acceptors (Lipinski definition) is 1. The van der Waals surface area contributed by atoms with Crippen LogP contribution in [0.5, 0.6) is 0 Å². The molecule has 1 aromatic rings. The van der Waals surface area contributed by atoms with Crippen molar-refractivity contribution in [2.75, 3.05) is 0 Å². The Labute approximate surface area is 108 Å². The van der Waals surface area contributed by atoms with E-state index < -0.39 is 6.10 Å². The highest BCUT2D eigenvalue weighted by Crippen LogP contribution is 2.23. The Kier molecular flexibility index (Phi) is 4.54. The minimum absolute atomic E-state index is 0.223. The van der Waals surface area contributed by atoms with Crippen molar-refractivity contribution in [3.8, 4) is 0 Å². The highest BCUT2D eigenvalue weighted by Gasteiger charge is 2.12. The van der Waals surface area contributed by atoms with E-state index in [9.17, 15) is 9.50 Å². The van der Waals surface area contributed by atoms with Gasteiger partial charge in [0.15, 0.2) is 0 Å². The van der Waals surface area contributed by atoms with Gasteiger partial charge in [0.05, 0.1) is 6.10 Å². The molecular formula is C16H21FO. The SMILES string of the molecule is Cc1ccc(F)cc1CC(O)CC1=CCCCC1. The van der Waals surface area contributed by atoms with Gasteiger partial charge in [-0.1, -0.05) is 17.7 Å². The minimum atomic E-state index is -0.394. The van der Waals surface area contributed by atoms with Crippen LogP contribution >= 0.6 is 0 Å². The van der Waals surface area contributed by atoms with Gasteiger partial charge in [-0.25, -0.2) is 4.39 Å². The zero-order valence-electron chi connectivity index (χ0n) is 11.0. The molecule has 0 spiro atoms.